The van der Waals surface area contributed by atoms with Gasteiger partial charge in [0.05, 0.1) is 0 Å². The van der Waals surface area contributed by atoms with Crippen molar-refractivity contribution in [3.63, 3.8) is 0 Å². The van der Waals surface area contributed by atoms with Crippen molar-refractivity contribution in [2.24, 2.45) is 11.7 Å². The Balaban J connectivity index is 2.63. The summed E-state index contributed by atoms with van der Waals surface area (Å²) in [5, 5.41) is 0. The van der Waals surface area contributed by atoms with Crippen molar-refractivity contribution in [3.05, 3.63) is 0 Å². The summed E-state index contributed by atoms with van der Waals surface area (Å²) in [7, 11) is 0. The summed E-state index contributed by atoms with van der Waals surface area (Å²) in [6.07, 6.45) is 7.08. The zero-order valence-electron chi connectivity index (χ0n) is 7.99. The number of hydrogen-bond acceptors (Lipinski definition) is 2. The fraction of sp³-hybridized carbons (Fsp3) is 0.700. The van der Waals surface area contributed by atoms with Gasteiger partial charge in [-0.2, -0.15) is 0 Å². The zero-order valence-corrected chi connectivity index (χ0v) is 7.99. The van der Waals surface area contributed by atoms with E-state index in [-0.39, 0.29) is 11.9 Å². The molecule has 0 aliphatic carbocycles. The molecule has 1 aliphatic rings. The van der Waals surface area contributed by atoms with Crippen LogP contribution in [-0.4, -0.2) is 29.9 Å². The van der Waals surface area contributed by atoms with E-state index in [1.165, 1.54) is 0 Å². The molecular weight excluding hydrogens is 164 g/mol. The molecule has 1 amide bonds. The summed E-state index contributed by atoms with van der Waals surface area (Å²) in [4.78, 5) is 13.0. The van der Waals surface area contributed by atoms with Crippen LogP contribution in [0.15, 0.2) is 0 Å². The molecule has 0 radical (unpaired) electrons. The summed E-state index contributed by atoms with van der Waals surface area (Å²) < 4.78 is 0. The van der Waals surface area contributed by atoms with E-state index in [9.17, 15) is 4.79 Å². The molecule has 2 unspecified atom stereocenters. The molecule has 0 spiro atoms. The van der Waals surface area contributed by atoms with E-state index in [1.807, 2.05) is 0 Å². The highest BCUT2D eigenvalue weighted by Gasteiger charge is 2.27. The smallest absolute Gasteiger partial charge is 0.298 e. The molecule has 2 N–H and O–H groups in total. The topological polar surface area (TPSA) is 46.3 Å². The number of piperidine rings is 1. The molecule has 2 atom stereocenters. The maximum Gasteiger partial charge on any atom is 0.298 e. The first-order chi connectivity index (χ1) is 6.19. The Morgan fingerprint density at radius 2 is 2.46 bits per heavy atom. The second-order valence-electron chi connectivity index (χ2n) is 3.66. The zero-order chi connectivity index (χ0) is 9.84. The number of terminal acetylenes is 1. The lowest BCUT2D eigenvalue weighted by Gasteiger charge is -2.36. The fourth-order valence-electron chi connectivity index (χ4n) is 1.83. The lowest BCUT2D eigenvalue weighted by Crippen LogP contribution is -2.48. The van der Waals surface area contributed by atoms with E-state index in [0.29, 0.717) is 12.5 Å². The minimum Gasteiger partial charge on any atom is -0.328 e. The van der Waals surface area contributed by atoms with Crippen LogP contribution in [-0.2, 0) is 4.79 Å². The average molecular weight is 180 g/mol. The van der Waals surface area contributed by atoms with Gasteiger partial charge in [-0.3, -0.25) is 4.79 Å². The minimum atomic E-state index is -0.220. The SMILES string of the molecule is C#CC(=O)N1CCC(C)CC1CN. The fourth-order valence-corrected chi connectivity index (χ4v) is 1.83. The average Bonchev–Trinajstić information content (AvgIpc) is 2.16. The molecule has 0 bridgehead atoms. The second-order valence-corrected chi connectivity index (χ2v) is 3.66. The molecule has 1 saturated heterocycles. The third kappa shape index (κ3) is 2.22. The number of nitrogens with two attached hydrogens (primary N) is 1. The van der Waals surface area contributed by atoms with Crippen molar-refractivity contribution < 1.29 is 4.79 Å². The van der Waals surface area contributed by atoms with Crippen molar-refractivity contribution in [1.82, 2.24) is 4.90 Å². The van der Waals surface area contributed by atoms with E-state index in [2.05, 4.69) is 12.8 Å². The molecule has 0 aromatic carbocycles. The molecule has 3 heteroatoms. The molecule has 3 nitrogen and oxygen atoms in total. The van der Waals surface area contributed by atoms with Crippen LogP contribution in [0.3, 0.4) is 0 Å². The quantitative estimate of drug-likeness (QED) is 0.586. The number of amides is 1. The van der Waals surface area contributed by atoms with Gasteiger partial charge in [-0.1, -0.05) is 6.92 Å². The van der Waals surface area contributed by atoms with Gasteiger partial charge in [0, 0.05) is 19.1 Å². The van der Waals surface area contributed by atoms with E-state index in [0.717, 1.165) is 19.4 Å². The van der Waals surface area contributed by atoms with Crippen LogP contribution in [0.25, 0.3) is 0 Å². The summed E-state index contributed by atoms with van der Waals surface area (Å²) in [5.74, 6) is 2.57. The van der Waals surface area contributed by atoms with Gasteiger partial charge in [0.2, 0.25) is 0 Å². The van der Waals surface area contributed by atoms with Gasteiger partial charge in [-0.15, -0.1) is 6.42 Å². The second kappa shape index (κ2) is 4.29. The molecule has 0 aromatic rings. The Kier molecular flexibility index (Phi) is 3.32. The first-order valence-corrected chi connectivity index (χ1v) is 4.66. The lowest BCUT2D eigenvalue weighted by atomic mass is 9.92. The largest absolute Gasteiger partial charge is 0.328 e. The third-order valence-corrected chi connectivity index (χ3v) is 2.63. The van der Waals surface area contributed by atoms with Gasteiger partial charge in [0.1, 0.15) is 0 Å². The summed E-state index contributed by atoms with van der Waals surface area (Å²) >= 11 is 0. The van der Waals surface area contributed by atoms with Gasteiger partial charge in [-0.25, -0.2) is 0 Å². The highest BCUT2D eigenvalue weighted by atomic mass is 16.2. The van der Waals surface area contributed by atoms with Crippen LogP contribution in [0.1, 0.15) is 19.8 Å². The normalized spacial score (nSPS) is 28.2. The Labute approximate surface area is 79.3 Å². The molecule has 13 heavy (non-hydrogen) atoms. The molecule has 72 valence electrons. The van der Waals surface area contributed by atoms with Gasteiger partial charge in [-0.05, 0) is 24.7 Å². The molecule has 1 aliphatic heterocycles. The highest BCUT2D eigenvalue weighted by molar-refractivity contribution is 5.93. The minimum absolute atomic E-state index is 0.146. The van der Waals surface area contributed by atoms with Gasteiger partial charge < -0.3 is 10.6 Å². The monoisotopic (exact) mass is 180 g/mol. The van der Waals surface area contributed by atoms with E-state index < -0.39 is 0 Å². The Hall–Kier alpha value is -1.01. The summed E-state index contributed by atoms with van der Waals surface area (Å²) in [6, 6.07) is 0.146. The number of likely N-dealkylation sites (tertiary alicyclic amines) is 1. The molecule has 1 rings (SSSR count). The highest BCUT2D eigenvalue weighted by Crippen LogP contribution is 2.21. The lowest BCUT2D eigenvalue weighted by molar-refractivity contribution is -0.128. The number of carbonyl (C=O) groups is 1. The molecule has 0 saturated carbocycles. The Morgan fingerprint density at radius 3 is 3.00 bits per heavy atom. The number of nitrogens with zero attached hydrogens (tertiary/aromatic N) is 1. The van der Waals surface area contributed by atoms with Gasteiger partial charge >= 0.3 is 0 Å². The van der Waals surface area contributed by atoms with Gasteiger partial charge in [0.15, 0.2) is 0 Å². The predicted octanol–water partition coefficient (Wildman–Crippen LogP) is 0.205. The van der Waals surface area contributed by atoms with E-state index in [4.69, 9.17) is 12.2 Å². The number of rotatable bonds is 1. The summed E-state index contributed by atoms with van der Waals surface area (Å²) in [6.45, 7) is 3.45. The number of carbonyl (C=O) groups excluding carboxylic acids is 1. The van der Waals surface area contributed by atoms with Gasteiger partial charge in [0.25, 0.3) is 5.91 Å². The van der Waals surface area contributed by atoms with Crippen molar-refractivity contribution in [3.8, 4) is 12.3 Å². The van der Waals surface area contributed by atoms with Crippen LogP contribution in [0.2, 0.25) is 0 Å². The molecule has 0 aromatic heterocycles. The standard InChI is InChI=1S/C10H16N2O/c1-3-10(13)12-5-4-8(2)6-9(12)7-11/h1,8-9H,4-7,11H2,2H3. The van der Waals surface area contributed by atoms with E-state index in [1.54, 1.807) is 4.90 Å². The van der Waals surface area contributed by atoms with Crippen molar-refractivity contribution in [1.29, 1.82) is 0 Å². The van der Waals surface area contributed by atoms with Crippen LogP contribution >= 0.6 is 0 Å². The molecule has 1 fully saturated rings. The Morgan fingerprint density at radius 1 is 1.77 bits per heavy atom. The molecular formula is C10H16N2O. The van der Waals surface area contributed by atoms with Crippen LogP contribution in [0, 0.1) is 18.3 Å². The van der Waals surface area contributed by atoms with Crippen LogP contribution in [0.4, 0.5) is 0 Å². The van der Waals surface area contributed by atoms with Crippen molar-refractivity contribution in [2.45, 2.75) is 25.8 Å². The summed E-state index contributed by atoms with van der Waals surface area (Å²) in [5.41, 5.74) is 5.59. The maximum atomic E-state index is 11.3. The Bertz CT molecular complexity index is 232. The predicted molar refractivity (Wildman–Crippen MR) is 51.8 cm³/mol. The number of hydrogen-bond donors (Lipinski definition) is 1. The first-order valence-electron chi connectivity index (χ1n) is 4.66. The van der Waals surface area contributed by atoms with E-state index >= 15 is 0 Å². The maximum absolute atomic E-state index is 11.3. The first kappa shape index (κ1) is 10.1. The van der Waals surface area contributed by atoms with Crippen molar-refractivity contribution in [2.75, 3.05) is 13.1 Å². The third-order valence-electron chi connectivity index (χ3n) is 2.63. The van der Waals surface area contributed by atoms with Crippen LogP contribution < -0.4 is 5.73 Å². The molecule has 1 heterocycles. The van der Waals surface area contributed by atoms with Crippen LogP contribution in [0.5, 0.6) is 0 Å². The van der Waals surface area contributed by atoms with Crippen molar-refractivity contribution >= 4 is 5.91 Å².